The van der Waals surface area contributed by atoms with Crippen LogP contribution in [0.4, 0.5) is 8.78 Å². The van der Waals surface area contributed by atoms with E-state index < -0.39 is 31.8 Å². The highest BCUT2D eigenvalue weighted by Crippen LogP contribution is 2.25. The largest absolute Gasteiger partial charge is 0.497 e. The maximum Gasteiger partial charge on any atom is 0.211 e. The Morgan fingerprint density at radius 1 is 0.935 bits per heavy atom. The third-order valence-corrected chi connectivity index (χ3v) is 6.67. The molecule has 1 heterocycles. The highest BCUT2D eigenvalue weighted by Gasteiger charge is 2.24. The smallest absolute Gasteiger partial charge is 0.211 e. The Kier molecular flexibility index (Phi) is 5.32. The number of ether oxygens (including phenoxy) is 1. The van der Waals surface area contributed by atoms with E-state index in [0.717, 1.165) is 24.3 Å². The normalized spacial score (nSPS) is 11.6. The van der Waals surface area contributed by atoms with Gasteiger partial charge >= 0.3 is 0 Å². The summed E-state index contributed by atoms with van der Waals surface area (Å²) in [4.78, 5) is 12.5. The van der Waals surface area contributed by atoms with E-state index in [1.54, 1.807) is 28.8 Å². The fourth-order valence-electron chi connectivity index (χ4n) is 3.37. The summed E-state index contributed by atoms with van der Waals surface area (Å²) >= 11 is 0. The number of hydrogen-bond acceptors (Lipinski definition) is 4. The zero-order valence-electron chi connectivity index (χ0n) is 16.4. The first kappa shape index (κ1) is 20.7. The summed E-state index contributed by atoms with van der Waals surface area (Å²) in [6.45, 7) is 0.132. The van der Waals surface area contributed by atoms with E-state index in [1.807, 2.05) is 0 Å². The Balaban J connectivity index is 1.98. The Labute approximate surface area is 177 Å². The van der Waals surface area contributed by atoms with Crippen molar-refractivity contribution in [1.29, 1.82) is 0 Å². The van der Waals surface area contributed by atoms with Crippen LogP contribution in [0.15, 0.2) is 87.5 Å². The van der Waals surface area contributed by atoms with Crippen LogP contribution >= 0.6 is 0 Å². The molecule has 0 amide bonds. The number of rotatable bonds is 5. The Morgan fingerprint density at radius 3 is 2.35 bits per heavy atom. The van der Waals surface area contributed by atoms with E-state index in [9.17, 15) is 22.0 Å². The van der Waals surface area contributed by atoms with Crippen LogP contribution in [0.5, 0.6) is 5.75 Å². The number of methoxy groups -OCH3 is 1. The van der Waals surface area contributed by atoms with Crippen LogP contribution in [0.25, 0.3) is 10.9 Å². The summed E-state index contributed by atoms with van der Waals surface area (Å²) in [6, 6.07) is 14.9. The number of halogens is 2. The van der Waals surface area contributed by atoms with E-state index in [0.29, 0.717) is 16.8 Å². The van der Waals surface area contributed by atoms with Crippen LogP contribution in [0.3, 0.4) is 0 Å². The van der Waals surface area contributed by atoms with Crippen LogP contribution in [-0.2, 0) is 16.4 Å². The van der Waals surface area contributed by atoms with Crippen molar-refractivity contribution in [2.45, 2.75) is 16.3 Å². The van der Waals surface area contributed by atoms with Gasteiger partial charge < -0.3 is 9.30 Å². The number of sulfone groups is 1. The maximum atomic E-state index is 13.7. The van der Waals surface area contributed by atoms with Gasteiger partial charge in [0.25, 0.3) is 0 Å². The molecule has 4 rings (SSSR count). The van der Waals surface area contributed by atoms with Gasteiger partial charge in [-0.1, -0.05) is 12.1 Å². The molecule has 158 valence electrons. The molecule has 0 saturated heterocycles. The average Bonchev–Trinajstić information content (AvgIpc) is 2.75. The van der Waals surface area contributed by atoms with Gasteiger partial charge in [-0.25, -0.2) is 17.2 Å². The van der Waals surface area contributed by atoms with Crippen LogP contribution in [0.1, 0.15) is 5.56 Å². The fourth-order valence-corrected chi connectivity index (χ4v) is 4.74. The van der Waals surface area contributed by atoms with E-state index in [2.05, 4.69) is 0 Å². The predicted octanol–water partition coefficient (Wildman–Crippen LogP) is 4.17. The van der Waals surface area contributed by atoms with Gasteiger partial charge in [-0.15, -0.1) is 0 Å². The monoisotopic (exact) mass is 441 g/mol. The Bertz CT molecular complexity index is 1450. The van der Waals surface area contributed by atoms with Crippen LogP contribution in [-0.4, -0.2) is 20.1 Å². The van der Waals surface area contributed by atoms with Gasteiger partial charge in [-0.05, 0) is 60.2 Å². The van der Waals surface area contributed by atoms with Crippen molar-refractivity contribution in [3.8, 4) is 5.75 Å². The minimum atomic E-state index is -4.24. The lowest BCUT2D eigenvalue weighted by Gasteiger charge is -2.15. The van der Waals surface area contributed by atoms with Crippen molar-refractivity contribution >= 4 is 20.7 Å². The number of fused-ring (bicyclic) bond motifs is 1. The first-order valence-corrected chi connectivity index (χ1v) is 10.7. The second-order valence-corrected chi connectivity index (χ2v) is 8.84. The molecule has 8 heteroatoms. The minimum absolute atomic E-state index is 0.132. The summed E-state index contributed by atoms with van der Waals surface area (Å²) in [7, 11) is -2.80. The van der Waals surface area contributed by atoms with E-state index >= 15 is 0 Å². The van der Waals surface area contributed by atoms with Gasteiger partial charge in [0, 0.05) is 12.7 Å². The Hall–Kier alpha value is -3.52. The molecule has 0 atom stereocenters. The predicted molar refractivity (Wildman–Crippen MR) is 112 cm³/mol. The van der Waals surface area contributed by atoms with Crippen molar-refractivity contribution in [3.05, 3.63) is 100 Å². The first-order chi connectivity index (χ1) is 14.8. The van der Waals surface area contributed by atoms with Crippen molar-refractivity contribution in [2.75, 3.05) is 7.11 Å². The molecule has 0 aliphatic heterocycles. The lowest BCUT2D eigenvalue weighted by molar-refractivity contribution is 0.415. The molecule has 0 bridgehead atoms. The molecule has 5 nitrogen and oxygen atoms in total. The number of benzene rings is 3. The molecule has 0 aliphatic carbocycles. The van der Waals surface area contributed by atoms with Gasteiger partial charge in [-0.2, -0.15) is 0 Å². The van der Waals surface area contributed by atoms with Crippen molar-refractivity contribution in [1.82, 2.24) is 4.57 Å². The van der Waals surface area contributed by atoms with Crippen LogP contribution < -0.4 is 10.2 Å². The average molecular weight is 441 g/mol. The molecule has 0 saturated carbocycles. The summed E-state index contributed by atoms with van der Waals surface area (Å²) < 4.78 is 60.1. The third kappa shape index (κ3) is 3.94. The topological polar surface area (TPSA) is 65.4 Å². The van der Waals surface area contributed by atoms with Crippen molar-refractivity contribution in [3.63, 3.8) is 0 Å². The molecule has 1 aromatic heterocycles. The molecular formula is C23H17F2NO4S. The molecule has 0 aliphatic rings. The standard InChI is InChI=1S/C23H17F2NO4S/c1-30-18-7-10-21-20(12-18)23(27)22(31(28,29)19-8-5-16(24)6-9-19)14-26(21)13-15-3-2-4-17(25)11-15/h2-12,14H,13H2,1H3. The second kappa shape index (κ2) is 7.96. The molecule has 3 aromatic carbocycles. The zero-order valence-corrected chi connectivity index (χ0v) is 17.2. The van der Waals surface area contributed by atoms with Crippen molar-refractivity contribution in [2.24, 2.45) is 0 Å². The zero-order chi connectivity index (χ0) is 22.2. The highest BCUT2D eigenvalue weighted by atomic mass is 32.2. The van der Waals surface area contributed by atoms with Gasteiger partial charge in [-0.3, -0.25) is 4.79 Å². The quantitative estimate of drug-likeness (QED) is 0.436. The maximum absolute atomic E-state index is 13.7. The number of pyridine rings is 1. The van der Waals surface area contributed by atoms with Crippen LogP contribution in [0, 0.1) is 11.6 Å². The molecular weight excluding hydrogens is 424 g/mol. The van der Waals surface area contributed by atoms with E-state index in [-0.39, 0.29) is 16.8 Å². The van der Waals surface area contributed by atoms with Crippen molar-refractivity contribution < 1.29 is 21.9 Å². The molecule has 0 spiro atoms. The van der Waals surface area contributed by atoms with Gasteiger partial charge in [0.05, 0.1) is 22.9 Å². The Morgan fingerprint density at radius 2 is 1.68 bits per heavy atom. The van der Waals surface area contributed by atoms with E-state index in [4.69, 9.17) is 4.74 Å². The SMILES string of the molecule is COc1ccc2c(c1)c(=O)c(S(=O)(=O)c1ccc(F)cc1)cn2Cc1cccc(F)c1. The molecule has 31 heavy (non-hydrogen) atoms. The van der Waals surface area contributed by atoms with Gasteiger partial charge in [0.15, 0.2) is 0 Å². The number of aromatic nitrogens is 1. The summed E-state index contributed by atoms with van der Waals surface area (Å²) in [5, 5.41) is 0.138. The summed E-state index contributed by atoms with van der Waals surface area (Å²) in [5.41, 5.74) is 0.354. The lowest BCUT2D eigenvalue weighted by atomic mass is 10.1. The van der Waals surface area contributed by atoms with Crippen LogP contribution in [0.2, 0.25) is 0 Å². The molecule has 4 aromatic rings. The molecule has 0 N–H and O–H groups in total. The summed E-state index contributed by atoms with van der Waals surface area (Å²) in [5.74, 6) is -0.632. The van der Waals surface area contributed by atoms with E-state index in [1.165, 1.54) is 31.5 Å². The van der Waals surface area contributed by atoms with Gasteiger partial charge in [0.1, 0.15) is 22.3 Å². The lowest BCUT2D eigenvalue weighted by Crippen LogP contribution is -2.19. The van der Waals surface area contributed by atoms with Gasteiger partial charge in [0.2, 0.25) is 15.3 Å². The number of nitrogens with zero attached hydrogens (tertiary/aromatic N) is 1. The summed E-state index contributed by atoms with van der Waals surface area (Å²) in [6.07, 6.45) is 1.24. The molecule has 0 radical (unpaired) electrons. The molecule has 0 unspecified atom stereocenters. The highest BCUT2D eigenvalue weighted by molar-refractivity contribution is 7.91. The third-order valence-electron chi connectivity index (χ3n) is 4.91. The second-order valence-electron chi connectivity index (χ2n) is 6.92. The minimum Gasteiger partial charge on any atom is -0.497 e. The fraction of sp³-hybridized carbons (Fsp3) is 0.0870. The first-order valence-electron chi connectivity index (χ1n) is 9.26. The molecule has 0 fully saturated rings. The number of hydrogen-bond donors (Lipinski definition) is 0.